The first-order chi connectivity index (χ1) is 9.34. The van der Waals surface area contributed by atoms with E-state index in [9.17, 15) is 8.42 Å². The molecule has 0 atom stereocenters. The zero-order chi connectivity index (χ0) is 14.9. The van der Waals surface area contributed by atoms with Crippen molar-refractivity contribution in [1.82, 2.24) is 9.78 Å². The van der Waals surface area contributed by atoms with Crippen molar-refractivity contribution in [3.05, 3.63) is 30.6 Å². The number of nitrogens with one attached hydrogen (secondary N) is 1. The molecule has 0 unspecified atom stereocenters. The van der Waals surface area contributed by atoms with Crippen molar-refractivity contribution >= 4 is 21.4 Å². The number of para-hydroxylation sites is 1. The Kier molecular flexibility index (Phi) is 3.71. The minimum atomic E-state index is -3.35. The van der Waals surface area contributed by atoms with Gasteiger partial charge in [-0.1, -0.05) is 12.1 Å². The summed E-state index contributed by atoms with van der Waals surface area (Å²) in [5.41, 5.74) is 3.05. The number of hydrogen-bond donors (Lipinski definition) is 1. The highest BCUT2D eigenvalue weighted by atomic mass is 32.2. The van der Waals surface area contributed by atoms with E-state index >= 15 is 0 Å². The van der Waals surface area contributed by atoms with Crippen LogP contribution in [0.1, 0.15) is 0 Å². The number of aryl methyl sites for hydroxylation is 1. The van der Waals surface area contributed by atoms with E-state index in [2.05, 4.69) is 10.4 Å². The first-order valence-electron chi connectivity index (χ1n) is 6.08. The molecule has 0 aliphatic heterocycles. The van der Waals surface area contributed by atoms with E-state index in [0.29, 0.717) is 5.69 Å². The second-order valence-corrected chi connectivity index (χ2v) is 6.60. The number of benzene rings is 1. The van der Waals surface area contributed by atoms with Crippen molar-refractivity contribution in [2.24, 2.45) is 7.05 Å². The number of sulfonamides is 1. The Morgan fingerprint density at radius 1 is 1.35 bits per heavy atom. The molecule has 0 fully saturated rings. The van der Waals surface area contributed by atoms with Crippen molar-refractivity contribution < 1.29 is 8.42 Å². The van der Waals surface area contributed by atoms with E-state index in [1.165, 1.54) is 10.6 Å². The van der Waals surface area contributed by atoms with Crippen molar-refractivity contribution in [1.29, 1.82) is 0 Å². The topological polar surface area (TPSA) is 67.2 Å². The molecule has 0 amide bonds. The molecule has 1 N–H and O–H groups in total. The third kappa shape index (κ3) is 2.62. The zero-order valence-electron chi connectivity index (χ0n) is 12.0. The van der Waals surface area contributed by atoms with Crippen LogP contribution < -0.4 is 9.62 Å². The molecule has 0 aliphatic carbocycles. The average Bonchev–Trinajstić information content (AvgIpc) is 2.82. The SMILES string of the molecule is CNc1cccc(-c2cnn(C)c2)c1N(C)S(C)(=O)=O. The highest BCUT2D eigenvalue weighted by molar-refractivity contribution is 7.92. The van der Waals surface area contributed by atoms with Gasteiger partial charge in [-0.15, -0.1) is 0 Å². The number of rotatable bonds is 4. The average molecular weight is 294 g/mol. The Hall–Kier alpha value is -2.02. The fraction of sp³-hybridized carbons (Fsp3) is 0.308. The number of hydrogen-bond acceptors (Lipinski definition) is 4. The lowest BCUT2D eigenvalue weighted by Gasteiger charge is -2.23. The maximum atomic E-state index is 11.9. The smallest absolute Gasteiger partial charge is 0.232 e. The molecule has 1 aromatic carbocycles. The Morgan fingerprint density at radius 3 is 2.55 bits per heavy atom. The molecule has 2 aromatic rings. The summed E-state index contributed by atoms with van der Waals surface area (Å²) in [7, 11) is 1.79. The van der Waals surface area contributed by atoms with Gasteiger partial charge in [0.1, 0.15) is 0 Å². The highest BCUT2D eigenvalue weighted by Gasteiger charge is 2.20. The van der Waals surface area contributed by atoms with E-state index in [4.69, 9.17) is 0 Å². The van der Waals surface area contributed by atoms with Gasteiger partial charge in [-0.2, -0.15) is 5.10 Å². The van der Waals surface area contributed by atoms with Crippen LogP contribution in [-0.4, -0.2) is 38.5 Å². The van der Waals surface area contributed by atoms with Gasteiger partial charge in [-0.3, -0.25) is 8.99 Å². The normalized spacial score (nSPS) is 11.4. The second-order valence-electron chi connectivity index (χ2n) is 4.58. The molecule has 20 heavy (non-hydrogen) atoms. The highest BCUT2D eigenvalue weighted by Crippen LogP contribution is 2.37. The predicted molar refractivity (Wildman–Crippen MR) is 81.4 cm³/mol. The summed E-state index contributed by atoms with van der Waals surface area (Å²) in [6.45, 7) is 0. The summed E-state index contributed by atoms with van der Waals surface area (Å²) in [5.74, 6) is 0. The minimum Gasteiger partial charge on any atom is -0.386 e. The lowest BCUT2D eigenvalue weighted by atomic mass is 10.1. The largest absolute Gasteiger partial charge is 0.386 e. The van der Waals surface area contributed by atoms with Gasteiger partial charge in [0.05, 0.1) is 23.8 Å². The lowest BCUT2D eigenvalue weighted by molar-refractivity contribution is 0.600. The predicted octanol–water partition coefficient (Wildman–Crippen LogP) is 1.52. The van der Waals surface area contributed by atoms with Crippen LogP contribution in [0, 0.1) is 0 Å². The van der Waals surface area contributed by atoms with Crippen LogP contribution >= 0.6 is 0 Å². The van der Waals surface area contributed by atoms with E-state index < -0.39 is 10.0 Å². The molecule has 0 bridgehead atoms. The van der Waals surface area contributed by atoms with E-state index in [1.54, 1.807) is 25.0 Å². The quantitative estimate of drug-likeness (QED) is 0.928. The summed E-state index contributed by atoms with van der Waals surface area (Å²) in [6, 6.07) is 5.61. The summed E-state index contributed by atoms with van der Waals surface area (Å²) >= 11 is 0. The van der Waals surface area contributed by atoms with Crippen molar-refractivity contribution in [2.45, 2.75) is 0 Å². The maximum absolute atomic E-state index is 11.9. The molecule has 7 heteroatoms. The maximum Gasteiger partial charge on any atom is 0.232 e. The Morgan fingerprint density at radius 2 is 2.05 bits per heavy atom. The molecule has 0 saturated carbocycles. The molecule has 108 valence electrons. The van der Waals surface area contributed by atoms with Crippen LogP contribution in [-0.2, 0) is 17.1 Å². The van der Waals surface area contributed by atoms with Gasteiger partial charge in [-0.05, 0) is 6.07 Å². The van der Waals surface area contributed by atoms with Gasteiger partial charge < -0.3 is 5.32 Å². The van der Waals surface area contributed by atoms with Crippen LogP contribution in [0.25, 0.3) is 11.1 Å². The first kappa shape index (κ1) is 14.4. The summed E-state index contributed by atoms with van der Waals surface area (Å²) in [5, 5.41) is 7.17. The number of anilines is 2. The lowest BCUT2D eigenvalue weighted by Crippen LogP contribution is -2.26. The van der Waals surface area contributed by atoms with Crippen molar-refractivity contribution in [2.75, 3.05) is 30.0 Å². The van der Waals surface area contributed by atoms with Crippen LogP contribution in [0.5, 0.6) is 0 Å². The summed E-state index contributed by atoms with van der Waals surface area (Å²) in [4.78, 5) is 0. The van der Waals surface area contributed by atoms with E-state index in [-0.39, 0.29) is 0 Å². The fourth-order valence-electron chi connectivity index (χ4n) is 2.04. The molecule has 0 radical (unpaired) electrons. The molecular weight excluding hydrogens is 276 g/mol. The third-order valence-corrected chi connectivity index (χ3v) is 4.31. The molecule has 0 spiro atoms. The van der Waals surface area contributed by atoms with Gasteiger partial charge >= 0.3 is 0 Å². The molecule has 0 aliphatic rings. The Bertz CT molecular complexity index is 722. The van der Waals surface area contributed by atoms with Gasteiger partial charge in [0.25, 0.3) is 0 Å². The van der Waals surface area contributed by atoms with Gasteiger partial charge in [0.15, 0.2) is 0 Å². The van der Waals surface area contributed by atoms with Crippen molar-refractivity contribution in [3.8, 4) is 11.1 Å². The van der Waals surface area contributed by atoms with Crippen molar-refractivity contribution in [3.63, 3.8) is 0 Å². The van der Waals surface area contributed by atoms with Crippen LogP contribution in [0.3, 0.4) is 0 Å². The molecule has 2 rings (SSSR count). The summed E-state index contributed by atoms with van der Waals surface area (Å²) in [6.07, 6.45) is 4.76. The minimum absolute atomic E-state index is 0.616. The van der Waals surface area contributed by atoms with E-state index in [1.807, 2.05) is 31.4 Å². The van der Waals surface area contributed by atoms with Gasteiger partial charge in [0.2, 0.25) is 10.0 Å². The van der Waals surface area contributed by atoms with Crippen LogP contribution in [0.2, 0.25) is 0 Å². The molecule has 0 saturated heterocycles. The van der Waals surface area contributed by atoms with Gasteiger partial charge in [-0.25, -0.2) is 8.42 Å². The number of aromatic nitrogens is 2. The second kappa shape index (κ2) is 5.16. The molecule has 6 nitrogen and oxygen atoms in total. The monoisotopic (exact) mass is 294 g/mol. The Labute approximate surface area is 119 Å². The molecule has 1 aromatic heterocycles. The fourth-order valence-corrected chi connectivity index (χ4v) is 2.57. The third-order valence-electron chi connectivity index (χ3n) is 3.13. The van der Waals surface area contributed by atoms with E-state index in [0.717, 1.165) is 16.8 Å². The number of nitrogens with zero attached hydrogens (tertiary/aromatic N) is 3. The van der Waals surface area contributed by atoms with Crippen LogP contribution in [0.15, 0.2) is 30.6 Å². The molecule has 1 heterocycles. The summed E-state index contributed by atoms with van der Waals surface area (Å²) < 4.78 is 26.7. The standard InChI is InChI=1S/C13H18N4O2S/c1-14-12-7-5-6-11(10-8-15-16(2)9-10)13(12)17(3)20(4,18)19/h5-9,14H,1-4H3. The first-order valence-corrected chi connectivity index (χ1v) is 7.93. The van der Waals surface area contributed by atoms with Crippen LogP contribution in [0.4, 0.5) is 11.4 Å². The Balaban J connectivity index is 2.69. The molecular formula is C13H18N4O2S. The van der Waals surface area contributed by atoms with Gasteiger partial charge in [0, 0.05) is 38.5 Å². The zero-order valence-corrected chi connectivity index (χ0v) is 12.8.